The van der Waals surface area contributed by atoms with Gasteiger partial charge >= 0.3 is 0 Å². The van der Waals surface area contributed by atoms with Crippen molar-refractivity contribution in [2.45, 2.75) is 64.4 Å². The molecule has 12 heavy (non-hydrogen) atoms. The third-order valence-electron chi connectivity index (χ3n) is 2.66. The van der Waals surface area contributed by atoms with Gasteiger partial charge in [-0.05, 0) is 18.8 Å². The molecule has 0 aromatic heterocycles. The normalized spacial score (nSPS) is 18.8. The minimum atomic E-state index is 0.837. The van der Waals surface area contributed by atoms with E-state index in [1.807, 2.05) is 0 Å². The molecule has 0 aromatic carbocycles. The molecule has 0 aliphatic carbocycles. The molecule has 0 saturated heterocycles. The zero-order valence-corrected chi connectivity index (χ0v) is 10.1. The maximum absolute atomic E-state index is 2.38. The summed E-state index contributed by atoms with van der Waals surface area (Å²) in [4.78, 5) is 0. The predicted octanol–water partition coefficient (Wildman–Crippen LogP) is 4.34. The van der Waals surface area contributed by atoms with Gasteiger partial charge in [-0.15, -0.1) is 0 Å². The number of thioether (sulfide) groups is 1. The second kappa shape index (κ2) is 6.82. The lowest BCUT2D eigenvalue weighted by atomic mass is 10.0. The van der Waals surface area contributed by atoms with Crippen LogP contribution in [0.1, 0.15) is 53.9 Å². The molecule has 0 nitrogen and oxygen atoms in total. The Kier molecular flexibility index (Phi) is 7.02. The van der Waals surface area contributed by atoms with E-state index < -0.39 is 0 Å². The van der Waals surface area contributed by atoms with Crippen LogP contribution in [0.5, 0.6) is 0 Å². The van der Waals surface area contributed by atoms with Crippen molar-refractivity contribution in [2.24, 2.45) is 5.92 Å². The molecule has 0 aromatic rings. The van der Waals surface area contributed by atoms with Crippen LogP contribution >= 0.6 is 11.8 Å². The van der Waals surface area contributed by atoms with E-state index in [0.29, 0.717) is 0 Å². The second-order valence-electron chi connectivity index (χ2n) is 3.69. The van der Waals surface area contributed by atoms with Crippen LogP contribution in [0.15, 0.2) is 0 Å². The first-order valence-electron chi connectivity index (χ1n) is 5.31. The lowest BCUT2D eigenvalue weighted by molar-refractivity contribution is 0.522. The van der Waals surface area contributed by atoms with Crippen molar-refractivity contribution in [3.8, 4) is 0 Å². The summed E-state index contributed by atoms with van der Waals surface area (Å²) in [6, 6.07) is 0. The topological polar surface area (TPSA) is 0 Å². The van der Waals surface area contributed by atoms with Crippen molar-refractivity contribution in [3.63, 3.8) is 0 Å². The molecule has 0 spiro atoms. The van der Waals surface area contributed by atoms with Crippen LogP contribution in [-0.4, -0.2) is 10.5 Å². The number of hydrogen-bond acceptors (Lipinski definition) is 1. The molecule has 0 rings (SSSR count). The van der Waals surface area contributed by atoms with Crippen LogP contribution < -0.4 is 0 Å². The molecule has 0 aliphatic heterocycles. The molecule has 0 heterocycles. The van der Waals surface area contributed by atoms with Crippen LogP contribution in [0.4, 0.5) is 0 Å². The highest BCUT2D eigenvalue weighted by Crippen LogP contribution is 2.29. The van der Waals surface area contributed by atoms with Crippen LogP contribution in [0.3, 0.4) is 0 Å². The molecule has 1 heteroatoms. The van der Waals surface area contributed by atoms with Crippen molar-refractivity contribution < 1.29 is 0 Å². The molecule has 0 bridgehead atoms. The largest absolute Gasteiger partial charge is 0.155 e. The van der Waals surface area contributed by atoms with Gasteiger partial charge < -0.3 is 0 Å². The van der Waals surface area contributed by atoms with Gasteiger partial charge in [0, 0.05) is 10.5 Å². The van der Waals surface area contributed by atoms with Crippen molar-refractivity contribution in [1.29, 1.82) is 0 Å². The van der Waals surface area contributed by atoms with Crippen LogP contribution in [0.25, 0.3) is 0 Å². The monoisotopic (exact) mass is 188 g/mol. The fourth-order valence-corrected chi connectivity index (χ4v) is 2.73. The fraction of sp³-hybridized carbons (Fsp3) is 1.00. The summed E-state index contributed by atoms with van der Waals surface area (Å²) in [5.41, 5.74) is 0. The van der Waals surface area contributed by atoms with Gasteiger partial charge in [-0.2, -0.15) is 11.8 Å². The molecular weight excluding hydrogens is 164 g/mol. The van der Waals surface area contributed by atoms with E-state index in [2.05, 4.69) is 46.4 Å². The summed E-state index contributed by atoms with van der Waals surface area (Å²) in [5, 5.41) is 1.72. The van der Waals surface area contributed by atoms with Gasteiger partial charge in [0.2, 0.25) is 0 Å². The van der Waals surface area contributed by atoms with E-state index in [1.54, 1.807) is 0 Å². The first kappa shape index (κ1) is 12.3. The van der Waals surface area contributed by atoms with Crippen molar-refractivity contribution >= 4 is 11.8 Å². The summed E-state index contributed by atoms with van der Waals surface area (Å²) < 4.78 is 0. The average molecular weight is 188 g/mol. The summed E-state index contributed by atoms with van der Waals surface area (Å²) in [6.07, 6.45) is 3.95. The third kappa shape index (κ3) is 4.39. The van der Waals surface area contributed by atoms with E-state index in [4.69, 9.17) is 0 Å². The van der Waals surface area contributed by atoms with Gasteiger partial charge in [0.15, 0.2) is 0 Å². The lowest BCUT2D eigenvalue weighted by Gasteiger charge is -2.23. The smallest absolute Gasteiger partial charge is 0.00726 e. The highest BCUT2D eigenvalue weighted by molar-refractivity contribution is 8.00. The first-order valence-corrected chi connectivity index (χ1v) is 6.25. The van der Waals surface area contributed by atoms with Gasteiger partial charge in [-0.3, -0.25) is 0 Å². The fourth-order valence-electron chi connectivity index (χ4n) is 1.29. The maximum Gasteiger partial charge on any atom is 0.00726 e. The zero-order valence-electron chi connectivity index (χ0n) is 9.26. The lowest BCUT2D eigenvalue weighted by Crippen LogP contribution is -2.15. The van der Waals surface area contributed by atoms with Gasteiger partial charge in [-0.1, -0.05) is 41.0 Å². The van der Waals surface area contributed by atoms with Crippen LogP contribution in [-0.2, 0) is 0 Å². The Morgan fingerprint density at radius 1 is 0.917 bits per heavy atom. The molecule has 3 atom stereocenters. The summed E-state index contributed by atoms with van der Waals surface area (Å²) >= 11 is 2.18. The molecule has 0 N–H and O–H groups in total. The van der Waals surface area contributed by atoms with Crippen LogP contribution in [0, 0.1) is 5.92 Å². The molecule has 3 unspecified atom stereocenters. The van der Waals surface area contributed by atoms with E-state index in [9.17, 15) is 0 Å². The van der Waals surface area contributed by atoms with Crippen molar-refractivity contribution in [1.82, 2.24) is 0 Å². The quantitative estimate of drug-likeness (QED) is 0.597. The Morgan fingerprint density at radius 3 is 1.83 bits per heavy atom. The minimum Gasteiger partial charge on any atom is -0.155 e. The Bertz CT molecular complexity index is 101. The Hall–Kier alpha value is 0.350. The predicted molar refractivity (Wildman–Crippen MR) is 60.9 cm³/mol. The standard InChI is InChI=1S/C11H24S/c1-6-9(4)11(8-3)12-10(5)7-2/h9-11H,6-8H2,1-5H3. The zero-order chi connectivity index (χ0) is 9.56. The Balaban J connectivity index is 3.81. The van der Waals surface area contributed by atoms with Gasteiger partial charge in [0.05, 0.1) is 0 Å². The highest BCUT2D eigenvalue weighted by Gasteiger charge is 2.16. The number of hydrogen-bond donors (Lipinski definition) is 0. The SMILES string of the molecule is CCC(C)SC(CC)C(C)CC. The summed E-state index contributed by atoms with van der Waals surface area (Å²) in [7, 11) is 0. The van der Waals surface area contributed by atoms with Crippen molar-refractivity contribution in [2.75, 3.05) is 0 Å². The summed E-state index contributed by atoms with van der Waals surface area (Å²) in [6.45, 7) is 11.6. The van der Waals surface area contributed by atoms with E-state index in [1.165, 1.54) is 19.3 Å². The Morgan fingerprint density at radius 2 is 1.50 bits per heavy atom. The molecule has 0 fully saturated rings. The minimum absolute atomic E-state index is 0.837. The first-order chi connectivity index (χ1) is 5.65. The Labute approximate surface area is 82.5 Å². The maximum atomic E-state index is 2.38. The van der Waals surface area contributed by atoms with Crippen LogP contribution in [0.2, 0.25) is 0 Å². The molecule has 0 saturated carbocycles. The average Bonchev–Trinajstić information content (AvgIpc) is 2.12. The van der Waals surface area contributed by atoms with Gasteiger partial charge in [-0.25, -0.2) is 0 Å². The van der Waals surface area contributed by atoms with Gasteiger partial charge in [0.25, 0.3) is 0 Å². The molecule has 74 valence electrons. The molecule has 0 aliphatic rings. The molecule has 0 radical (unpaired) electrons. The molecular formula is C11H24S. The summed E-state index contributed by atoms with van der Waals surface area (Å²) in [5.74, 6) is 0.883. The van der Waals surface area contributed by atoms with E-state index in [0.717, 1.165) is 16.4 Å². The van der Waals surface area contributed by atoms with Crippen molar-refractivity contribution in [3.05, 3.63) is 0 Å². The van der Waals surface area contributed by atoms with E-state index >= 15 is 0 Å². The highest BCUT2D eigenvalue weighted by atomic mass is 32.2. The third-order valence-corrected chi connectivity index (χ3v) is 4.61. The van der Waals surface area contributed by atoms with Gasteiger partial charge in [0.1, 0.15) is 0 Å². The second-order valence-corrected chi connectivity index (χ2v) is 5.37. The van der Waals surface area contributed by atoms with E-state index in [-0.39, 0.29) is 0 Å². The molecule has 0 amide bonds. The number of rotatable bonds is 6.